The van der Waals surface area contributed by atoms with E-state index in [2.05, 4.69) is 58.7 Å². The second kappa shape index (κ2) is 8.47. The number of guanidine groups is 1. The molecule has 25 heavy (non-hydrogen) atoms. The van der Waals surface area contributed by atoms with Gasteiger partial charge in [0, 0.05) is 23.7 Å². The van der Waals surface area contributed by atoms with Gasteiger partial charge in [-0.1, -0.05) is 23.8 Å². The zero-order valence-corrected chi connectivity index (χ0v) is 15.6. The van der Waals surface area contributed by atoms with Crippen LogP contribution in [0.3, 0.4) is 0 Å². The lowest BCUT2D eigenvalue weighted by atomic mass is 10.1. The lowest BCUT2D eigenvalue weighted by Gasteiger charge is -2.36. The molecule has 1 fully saturated rings. The highest BCUT2D eigenvalue weighted by Gasteiger charge is 2.26. The van der Waals surface area contributed by atoms with Crippen molar-refractivity contribution in [3.63, 3.8) is 0 Å². The summed E-state index contributed by atoms with van der Waals surface area (Å²) in [6.45, 7) is 7.43. The molecule has 1 saturated heterocycles. The van der Waals surface area contributed by atoms with Crippen LogP contribution < -0.4 is 11.1 Å². The van der Waals surface area contributed by atoms with Gasteiger partial charge in [-0.2, -0.15) is 0 Å². The van der Waals surface area contributed by atoms with Gasteiger partial charge in [0.15, 0.2) is 5.96 Å². The number of nitrogens with one attached hydrogen (secondary N) is 1. The molecule has 5 nitrogen and oxygen atoms in total. The first-order chi connectivity index (χ1) is 12.1. The average molecular weight is 359 g/mol. The van der Waals surface area contributed by atoms with E-state index in [9.17, 15) is 0 Å². The number of morpholine rings is 1. The van der Waals surface area contributed by atoms with Crippen LogP contribution >= 0.6 is 11.3 Å². The van der Waals surface area contributed by atoms with Crippen LogP contribution in [0.4, 0.5) is 5.69 Å². The Morgan fingerprint density at radius 1 is 1.40 bits per heavy atom. The SMILES string of the molecule is Cc1ccc(NC(N)=NCC(c2cccs2)N2CCOC(C)C2)cc1. The smallest absolute Gasteiger partial charge is 0.193 e. The van der Waals surface area contributed by atoms with Gasteiger partial charge in [-0.25, -0.2) is 0 Å². The summed E-state index contributed by atoms with van der Waals surface area (Å²) in [4.78, 5) is 8.37. The minimum Gasteiger partial charge on any atom is -0.376 e. The zero-order chi connectivity index (χ0) is 17.6. The highest BCUT2D eigenvalue weighted by molar-refractivity contribution is 7.10. The quantitative estimate of drug-likeness (QED) is 0.636. The van der Waals surface area contributed by atoms with Gasteiger partial charge in [0.1, 0.15) is 0 Å². The number of thiophene rings is 1. The van der Waals surface area contributed by atoms with Crippen molar-refractivity contribution in [3.8, 4) is 0 Å². The summed E-state index contributed by atoms with van der Waals surface area (Å²) < 4.78 is 5.68. The topological polar surface area (TPSA) is 62.9 Å². The Labute approximate surface area is 153 Å². The third-order valence-electron chi connectivity index (χ3n) is 4.34. The van der Waals surface area contributed by atoms with E-state index in [1.165, 1.54) is 10.4 Å². The molecule has 1 aromatic carbocycles. The van der Waals surface area contributed by atoms with E-state index >= 15 is 0 Å². The molecule has 0 amide bonds. The molecule has 1 aromatic heterocycles. The van der Waals surface area contributed by atoms with Crippen LogP contribution in [0.15, 0.2) is 46.8 Å². The van der Waals surface area contributed by atoms with Crippen LogP contribution in [0.5, 0.6) is 0 Å². The van der Waals surface area contributed by atoms with Crippen molar-refractivity contribution < 1.29 is 4.74 Å². The molecule has 1 aliphatic heterocycles. The monoisotopic (exact) mass is 358 g/mol. The Kier molecular flexibility index (Phi) is 6.07. The summed E-state index contributed by atoms with van der Waals surface area (Å²) in [6.07, 6.45) is 0.253. The van der Waals surface area contributed by atoms with Crippen LogP contribution in [0, 0.1) is 6.92 Å². The predicted octanol–water partition coefficient (Wildman–Crippen LogP) is 3.25. The van der Waals surface area contributed by atoms with Crippen molar-refractivity contribution in [1.82, 2.24) is 4.90 Å². The van der Waals surface area contributed by atoms with Gasteiger partial charge in [-0.3, -0.25) is 9.89 Å². The normalized spacial score (nSPS) is 20.4. The number of nitrogens with zero attached hydrogens (tertiary/aromatic N) is 2. The van der Waals surface area contributed by atoms with Crippen LogP contribution in [0.25, 0.3) is 0 Å². The third-order valence-corrected chi connectivity index (χ3v) is 5.32. The van der Waals surface area contributed by atoms with Gasteiger partial charge < -0.3 is 15.8 Å². The minimum atomic E-state index is 0.240. The minimum absolute atomic E-state index is 0.240. The van der Waals surface area contributed by atoms with Gasteiger partial charge in [-0.05, 0) is 37.4 Å². The molecule has 1 aliphatic rings. The van der Waals surface area contributed by atoms with E-state index < -0.39 is 0 Å². The molecular formula is C19H26N4OS. The molecule has 0 radical (unpaired) electrons. The van der Waals surface area contributed by atoms with E-state index in [-0.39, 0.29) is 12.1 Å². The van der Waals surface area contributed by atoms with Crippen molar-refractivity contribution in [2.45, 2.75) is 26.0 Å². The fourth-order valence-corrected chi connectivity index (χ4v) is 3.86. The standard InChI is InChI=1S/C19H26N4OS/c1-14-5-7-16(8-6-14)22-19(20)21-12-17(18-4-3-11-25-18)23-9-10-24-15(2)13-23/h3-8,11,15,17H,9-10,12-13H2,1-2H3,(H3,20,21,22). The molecule has 0 aliphatic carbocycles. The number of aryl methyl sites for hydroxylation is 1. The van der Waals surface area contributed by atoms with E-state index in [1.807, 2.05) is 12.1 Å². The first-order valence-corrected chi connectivity index (χ1v) is 9.52. The number of anilines is 1. The Bertz CT molecular complexity index is 684. The summed E-state index contributed by atoms with van der Waals surface area (Å²) in [5.41, 5.74) is 8.28. The molecule has 6 heteroatoms. The number of ether oxygens (including phenoxy) is 1. The largest absolute Gasteiger partial charge is 0.376 e. The number of hydrogen-bond donors (Lipinski definition) is 2. The number of rotatable bonds is 5. The van der Waals surface area contributed by atoms with Gasteiger partial charge in [0.05, 0.1) is 25.3 Å². The molecule has 0 bridgehead atoms. The third kappa shape index (κ3) is 5.04. The molecule has 0 spiro atoms. The molecule has 2 unspecified atom stereocenters. The van der Waals surface area contributed by atoms with Crippen molar-refractivity contribution >= 4 is 23.0 Å². The van der Waals surface area contributed by atoms with E-state index in [1.54, 1.807) is 11.3 Å². The Balaban J connectivity index is 1.68. The number of nitrogens with two attached hydrogens (primary N) is 1. The van der Waals surface area contributed by atoms with E-state index in [4.69, 9.17) is 10.5 Å². The van der Waals surface area contributed by atoms with Crippen LogP contribution in [-0.4, -0.2) is 43.2 Å². The van der Waals surface area contributed by atoms with Gasteiger partial charge in [0.25, 0.3) is 0 Å². The summed E-state index contributed by atoms with van der Waals surface area (Å²) in [7, 11) is 0. The maximum atomic E-state index is 6.10. The Morgan fingerprint density at radius 2 is 2.20 bits per heavy atom. The summed E-state index contributed by atoms with van der Waals surface area (Å²) in [5.74, 6) is 0.451. The fraction of sp³-hybridized carbons (Fsp3) is 0.421. The maximum Gasteiger partial charge on any atom is 0.193 e. The van der Waals surface area contributed by atoms with Crippen molar-refractivity contribution in [1.29, 1.82) is 0 Å². The molecule has 0 saturated carbocycles. The lowest BCUT2D eigenvalue weighted by molar-refractivity contribution is -0.0327. The average Bonchev–Trinajstić information content (AvgIpc) is 3.12. The Hall–Kier alpha value is -1.89. The lowest BCUT2D eigenvalue weighted by Crippen LogP contribution is -2.44. The number of hydrogen-bond acceptors (Lipinski definition) is 4. The fourth-order valence-electron chi connectivity index (χ4n) is 3.00. The zero-order valence-electron chi connectivity index (χ0n) is 14.8. The van der Waals surface area contributed by atoms with Crippen molar-refractivity contribution in [2.75, 3.05) is 31.6 Å². The second-order valence-electron chi connectivity index (χ2n) is 6.42. The first kappa shape index (κ1) is 17.9. The molecule has 3 rings (SSSR count). The first-order valence-electron chi connectivity index (χ1n) is 8.64. The van der Waals surface area contributed by atoms with Crippen molar-refractivity contribution in [3.05, 3.63) is 52.2 Å². The van der Waals surface area contributed by atoms with Crippen molar-refractivity contribution in [2.24, 2.45) is 10.7 Å². The molecule has 134 valence electrons. The molecular weight excluding hydrogens is 332 g/mol. The van der Waals surface area contributed by atoms with Gasteiger partial charge >= 0.3 is 0 Å². The van der Waals surface area contributed by atoms with E-state index in [0.29, 0.717) is 12.5 Å². The summed E-state index contributed by atoms with van der Waals surface area (Å²) in [6, 6.07) is 12.6. The number of benzene rings is 1. The van der Waals surface area contributed by atoms with Crippen LogP contribution in [0.1, 0.15) is 23.4 Å². The predicted molar refractivity (Wildman–Crippen MR) is 105 cm³/mol. The van der Waals surface area contributed by atoms with E-state index in [0.717, 1.165) is 25.4 Å². The maximum absolute atomic E-state index is 6.10. The summed E-state index contributed by atoms with van der Waals surface area (Å²) >= 11 is 1.77. The van der Waals surface area contributed by atoms with Gasteiger partial charge in [-0.15, -0.1) is 11.3 Å². The molecule has 3 N–H and O–H groups in total. The van der Waals surface area contributed by atoms with Gasteiger partial charge in [0.2, 0.25) is 0 Å². The molecule has 2 heterocycles. The molecule has 2 aromatic rings. The van der Waals surface area contributed by atoms with Crippen LogP contribution in [0.2, 0.25) is 0 Å². The van der Waals surface area contributed by atoms with Crippen LogP contribution in [-0.2, 0) is 4.74 Å². The Morgan fingerprint density at radius 3 is 2.88 bits per heavy atom. The highest BCUT2D eigenvalue weighted by atomic mass is 32.1. The second-order valence-corrected chi connectivity index (χ2v) is 7.40. The molecule has 2 atom stereocenters. The highest BCUT2D eigenvalue weighted by Crippen LogP contribution is 2.27. The summed E-state index contributed by atoms with van der Waals surface area (Å²) in [5, 5.41) is 5.28. The number of aliphatic imine (C=N–C) groups is 1.